The molecule has 90 valence electrons. The molecule has 1 aromatic heterocycles. The van der Waals surface area contributed by atoms with E-state index in [4.69, 9.17) is 5.73 Å². The van der Waals surface area contributed by atoms with Crippen molar-refractivity contribution in [2.75, 3.05) is 6.54 Å². The number of thiophene rings is 1. The Kier molecular flexibility index (Phi) is 3.41. The molecule has 2 N–H and O–H groups in total. The van der Waals surface area contributed by atoms with Gasteiger partial charge in [-0.2, -0.15) is 0 Å². The molecule has 0 radical (unpaired) electrons. The molecule has 1 aliphatic carbocycles. The molecule has 2 rings (SSSR count). The highest BCUT2D eigenvalue weighted by Crippen LogP contribution is 2.48. The van der Waals surface area contributed by atoms with Gasteiger partial charge in [0.05, 0.1) is 0 Å². The lowest BCUT2D eigenvalue weighted by Gasteiger charge is -2.40. The molecule has 0 bridgehead atoms. The average molecular weight is 237 g/mol. The fourth-order valence-electron chi connectivity index (χ4n) is 2.99. The largest absolute Gasteiger partial charge is 0.330 e. The lowest BCUT2D eigenvalue weighted by Crippen LogP contribution is -2.32. The van der Waals surface area contributed by atoms with Gasteiger partial charge in [0.15, 0.2) is 0 Å². The maximum atomic E-state index is 5.94. The summed E-state index contributed by atoms with van der Waals surface area (Å²) in [6, 6.07) is 2.25. The molecule has 0 aromatic carbocycles. The van der Waals surface area contributed by atoms with E-state index in [0.29, 0.717) is 17.3 Å². The van der Waals surface area contributed by atoms with Crippen molar-refractivity contribution >= 4 is 11.3 Å². The van der Waals surface area contributed by atoms with Gasteiger partial charge < -0.3 is 5.73 Å². The Morgan fingerprint density at radius 2 is 2.25 bits per heavy atom. The SMILES string of the molecule is Cc1ccsc1C1CC(C)(C)CCC1CN. The quantitative estimate of drug-likeness (QED) is 0.829. The van der Waals surface area contributed by atoms with Crippen LogP contribution in [0.4, 0.5) is 0 Å². The van der Waals surface area contributed by atoms with E-state index in [1.54, 1.807) is 4.88 Å². The summed E-state index contributed by atoms with van der Waals surface area (Å²) < 4.78 is 0. The van der Waals surface area contributed by atoms with Crippen molar-refractivity contribution in [1.29, 1.82) is 0 Å². The van der Waals surface area contributed by atoms with Crippen LogP contribution in [0.3, 0.4) is 0 Å². The number of aryl methyl sites for hydroxylation is 1. The summed E-state index contributed by atoms with van der Waals surface area (Å²) >= 11 is 1.92. The third-order valence-electron chi connectivity index (χ3n) is 4.07. The first kappa shape index (κ1) is 12.1. The van der Waals surface area contributed by atoms with Gasteiger partial charge >= 0.3 is 0 Å². The first-order chi connectivity index (χ1) is 7.53. The zero-order chi connectivity index (χ0) is 11.8. The highest BCUT2D eigenvalue weighted by molar-refractivity contribution is 7.10. The summed E-state index contributed by atoms with van der Waals surface area (Å²) in [7, 11) is 0. The Labute approximate surface area is 103 Å². The van der Waals surface area contributed by atoms with Crippen LogP contribution in [0.25, 0.3) is 0 Å². The number of rotatable bonds is 2. The van der Waals surface area contributed by atoms with Crippen molar-refractivity contribution in [3.63, 3.8) is 0 Å². The monoisotopic (exact) mass is 237 g/mol. The van der Waals surface area contributed by atoms with E-state index in [1.165, 1.54) is 24.8 Å². The minimum absolute atomic E-state index is 0.493. The molecule has 2 unspecified atom stereocenters. The molecule has 0 saturated heterocycles. The van der Waals surface area contributed by atoms with Crippen molar-refractivity contribution in [2.24, 2.45) is 17.1 Å². The molecule has 0 aliphatic heterocycles. The highest BCUT2D eigenvalue weighted by Gasteiger charge is 2.35. The van der Waals surface area contributed by atoms with E-state index in [0.717, 1.165) is 6.54 Å². The molecule has 1 aliphatic rings. The van der Waals surface area contributed by atoms with Crippen LogP contribution < -0.4 is 5.73 Å². The lowest BCUT2D eigenvalue weighted by molar-refractivity contribution is 0.167. The second-order valence-corrected chi connectivity index (χ2v) is 6.92. The Bertz CT molecular complexity index is 353. The fourth-order valence-corrected chi connectivity index (χ4v) is 4.12. The van der Waals surface area contributed by atoms with Crippen LogP contribution >= 0.6 is 11.3 Å². The fraction of sp³-hybridized carbons (Fsp3) is 0.714. The van der Waals surface area contributed by atoms with Crippen LogP contribution in [0.2, 0.25) is 0 Å². The zero-order valence-electron chi connectivity index (χ0n) is 10.6. The molecule has 1 aromatic rings. The minimum atomic E-state index is 0.493. The normalized spacial score (nSPS) is 29.2. The molecule has 0 amide bonds. The summed E-state index contributed by atoms with van der Waals surface area (Å²) in [5.74, 6) is 1.40. The van der Waals surface area contributed by atoms with Gasteiger partial charge in [0, 0.05) is 4.88 Å². The second kappa shape index (κ2) is 4.50. The van der Waals surface area contributed by atoms with Gasteiger partial charge in [-0.3, -0.25) is 0 Å². The van der Waals surface area contributed by atoms with Crippen LogP contribution in [-0.2, 0) is 0 Å². The number of hydrogen-bond acceptors (Lipinski definition) is 2. The molecule has 1 nitrogen and oxygen atoms in total. The van der Waals surface area contributed by atoms with E-state index >= 15 is 0 Å². The second-order valence-electron chi connectivity index (χ2n) is 5.98. The van der Waals surface area contributed by atoms with Crippen LogP contribution in [0.5, 0.6) is 0 Å². The molecule has 16 heavy (non-hydrogen) atoms. The number of hydrogen-bond donors (Lipinski definition) is 1. The maximum Gasteiger partial charge on any atom is 0.0109 e. The Balaban J connectivity index is 2.25. The van der Waals surface area contributed by atoms with Crippen molar-refractivity contribution in [3.05, 3.63) is 21.9 Å². The van der Waals surface area contributed by atoms with Crippen LogP contribution in [0.15, 0.2) is 11.4 Å². The molecule has 2 atom stereocenters. The van der Waals surface area contributed by atoms with Crippen LogP contribution in [-0.4, -0.2) is 6.54 Å². The Morgan fingerprint density at radius 1 is 1.50 bits per heavy atom. The van der Waals surface area contributed by atoms with Crippen molar-refractivity contribution in [2.45, 2.75) is 46.0 Å². The molecule has 0 spiro atoms. The van der Waals surface area contributed by atoms with Crippen molar-refractivity contribution < 1.29 is 0 Å². The molecule has 2 heteroatoms. The molecular weight excluding hydrogens is 214 g/mol. The Morgan fingerprint density at radius 3 is 2.81 bits per heavy atom. The van der Waals surface area contributed by atoms with Gasteiger partial charge in [0.2, 0.25) is 0 Å². The molecule has 1 heterocycles. The summed E-state index contributed by atoms with van der Waals surface area (Å²) in [5.41, 5.74) is 7.90. The topological polar surface area (TPSA) is 26.0 Å². The number of nitrogens with two attached hydrogens (primary N) is 1. The summed E-state index contributed by atoms with van der Waals surface area (Å²) in [4.78, 5) is 1.59. The molecule has 1 fully saturated rings. The third-order valence-corrected chi connectivity index (χ3v) is 5.23. The standard InChI is InChI=1S/C14H23NS/c1-10-5-7-16-13(10)12-8-14(2,3)6-4-11(12)9-15/h5,7,11-12H,4,6,8-9,15H2,1-3H3. The van der Waals surface area contributed by atoms with Gasteiger partial charge in [-0.15, -0.1) is 11.3 Å². The summed E-state index contributed by atoms with van der Waals surface area (Å²) in [6.45, 7) is 7.88. The van der Waals surface area contributed by atoms with E-state index in [2.05, 4.69) is 32.2 Å². The maximum absolute atomic E-state index is 5.94. The van der Waals surface area contributed by atoms with Crippen molar-refractivity contribution in [1.82, 2.24) is 0 Å². The van der Waals surface area contributed by atoms with E-state index in [-0.39, 0.29) is 0 Å². The zero-order valence-corrected chi connectivity index (χ0v) is 11.4. The predicted octanol–water partition coefficient (Wildman–Crippen LogP) is 3.93. The highest BCUT2D eigenvalue weighted by atomic mass is 32.1. The first-order valence-electron chi connectivity index (χ1n) is 6.27. The summed E-state index contributed by atoms with van der Waals surface area (Å²) in [5, 5.41) is 2.22. The smallest absolute Gasteiger partial charge is 0.0109 e. The van der Waals surface area contributed by atoms with Gasteiger partial charge in [0.1, 0.15) is 0 Å². The van der Waals surface area contributed by atoms with E-state index < -0.39 is 0 Å². The molecular formula is C14H23NS. The third kappa shape index (κ3) is 2.33. The van der Waals surface area contributed by atoms with Crippen LogP contribution in [0.1, 0.15) is 49.5 Å². The first-order valence-corrected chi connectivity index (χ1v) is 7.15. The molecule has 1 saturated carbocycles. The average Bonchev–Trinajstić information content (AvgIpc) is 2.63. The van der Waals surface area contributed by atoms with Crippen molar-refractivity contribution in [3.8, 4) is 0 Å². The minimum Gasteiger partial charge on any atom is -0.330 e. The lowest BCUT2D eigenvalue weighted by atomic mass is 9.66. The van der Waals surface area contributed by atoms with Gasteiger partial charge in [-0.05, 0) is 67.0 Å². The predicted molar refractivity (Wildman–Crippen MR) is 72.0 cm³/mol. The van der Waals surface area contributed by atoms with Crippen LogP contribution in [0, 0.1) is 18.3 Å². The Hall–Kier alpha value is -0.340. The van der Waals surface area contributed by atoms with Gasteiger partial charge in [-0.25, -0.2) is 0 Å². The van der Waals surface area contributed by atoms with E-state index in [9.17, 15) is 0 Å². The van der Waals surface area contributed by atoms with Gasteiger partial charge in [0.25, 0.3) is 0 Å². The summed E-state index contributed by atoms with van der Waals surface area (Å²) in [6.07, 6.45) is 3.93. The van der Waals surface area contributed by atoms with E-state index in [1.807, 2.05) is 11.3 Å². The van der Waals surface area contributed by atoms with Gasteiger partial charge in [-0.1, -0.05) is 13.8 Å².